The third-order valence-electron chi connectivity index (χ3n) is 3.21. The fraction of sp³-hybridized carbons (Fsp3) is 0.429. The van der Waals surface area contributed by atoms with Gasteiger partial charge in [-0.05, 0) is 31.0 Å². The van der Waals surface area contributed by atoms with Gasteiger partial charge >= 0.3 is 5.97 Å². The molecule has 0 bridgehead atoms. The quantitative estimate of drug-likeness (QED) is 0.875. The van der Waals surface area contributed by atoms with Crippen molar-refractivity contribution in [1.82, 2.24) is 4.90 Å². The zero-order chi connectivity index (χ0) is 14.7. The van der Waals surface area contributed by atoms with Gasteiger partial charge in [0.25, 0.3) is 5.91 Å². The van der Waals surface area contributed by atoms with Crippen molar-refractivity contribution in [2.45, 2.75) is 25.3 Å². The van der Waals surface area contributed by atoms with Gasteiger partial charge in [0, 0.05) is 17.6 Å². The molecule has 1 N–H and O–H groups in total. The first-order valence-electron chi connectivity index (χ1n) is 6.39. The summed E-state index contributed by atoms with van der Waals surface area (Å²) in [6, 6.07) is 4.97. The number of carboxylic acids is 1. The summed E-state index contributed by atoms with van der Waals surface area (Å²) in [5, 5.41) is 9.23. The smallest absolute Gasteiger partial charge is 0.305 e. The van der Waals surface area contributed by atoms with Crippen LogP contribution in [0.15, 0.2) is 18.2 Å². The molecule has 20 heavy (non-hydrogen) atoms. The van der Waals surface area contributed by atoms with Gasteiger partial charge in [0.05, 0.1) is 19.1 Å². The first-order valence-corrected chi connectivity index (χ1v) is 6.77. The Morgan fingerprint density at radius 2 is 2.15 bits per heavy atom. The monoisotopic (exact) mass is 297 g/mol. The number of ether oxygens (including phenoxy) is 1. The number of aliphatic carboxylic acids is 1. The summed E-state index contributed by atoms with van der Waals surface area (Å²) in [5.41, 5.74) is 0.372. The molecule has 1 aromatic rings. The molecule has 5 nitrogen and oxygen atoms in total. The number of carboxylic acid groups (broad SMARTS) is 1. The topological polar surface area (TPSA) is 66.8 Å². The summed E-state index contributed by atoms with van der Waals surface area (Å²) >= 11 is 5.92. The summed E-state index contributed by atoms with van der Waals surface area (Å²) in [6.07, 6.45) is 1.76. The number of hydrogen-bond acceptors (Lipinski definition) is 3. The predicted octanol–water partition coefficient (Wildman–Crippen LogP) is 2.43. The number of carbonyl (C=O) groups is 2. The van der Waals surface area contributed by atoms with Crippen LogP contribution >= 0.6 is 11.6 Å². The van der Waals surface area contributed by atoms with Crippen LogP contribution in [0, 0.1) is 0 Å². The lowest BCUT2D eigenvalue weighted by Crippen LogP contribution is -2.35. The van der Waals surface area contributed by atoms with Crippen LogP contribution in [0.4, 0.5) is 0 Å². The van der Waals surface area contributed by atoms with Crippen molar-refractivity contribution in [2.75, 3.05) is 13.7 Å². The van der Waals surface area contributed by atoms with E-state index < -0.39 is 5.97 Å². The highest BCUT2D eigenvalue weighted by molar-refractivity contribution is 6.31. The molecule has 0 aliphatic heterocycles. The largest absolute Gasteiger partial charge is 0.496 e. The van der Waals surface area contributed by atoms with Crippen molar-refractivity contribution in [2.24, 2.45) is 0 Å². The van der Waals surface area contributed by atoms with Gasteiger partial charge in [0.1, 0.15) is 5.75 Å². The van der Waals surface area contributed by atoms with Crippen molar-refractivity contribution in [3.63, 3.8) is 0 Å². The second kappa shape index (κ2) is 6.13. The highest BCUT2D eigenvalue weighted by Gasteiger charge is 2.34. The van der Waals surface area contributed by atoms with Crippen LogP contribution in [0.5, 0.6) is 5.75 Å². The van der Waals surface area contributed by atoms with Crippen molar-refractivity contribution in [3.05, 3.63) is 28.8 Å². The number of nitrogens with zero attached hydrogens (tertiary/aromatic N) is 1. The maximum absolute atomic E-state index is 12.6. The molecule has 0 aromatic heterocycles. The third-order valence-corrected chi connectivity index (χ3v) is 3.44. The van der Waals surface area contributed by atoms with E-state index in [2.05, 4.69) is 0 Å². The van der Waals surface area contributed by atoms with Crippen LogP contribution < -0.4 is 4.74 Å². The van der Waals surface area contributed by atoms with Crippen LogP contribution in [-0.2, 0) is 4.79 Å². The number of halogens is 1. The molecule has 1 saturated carbocycles. The van der Waals surface area contributed by atoms with Crippen molar-refractivity contribution in [3.8, 4) is 5.75 Å². The maximum atomic E-state index is 12.6. The van der Waals surface area contributed by atoms with E-state index in [1.54, 1.807) is 23.1 Å². The van der Waals surface area contributed by atoms with E-state index in [1.165, 1.54) is 7.11 Å². The standard InChI is InChI=1S/C14H16ClNO4/c1-20-12-5-2-9(15)8-11(12)14(19)16(10-3-4-10)7-6-13(17)18/h2,5,8,10H,3-4,6-7H2,1H3,(H,17,18). The molecule has 6 heteroatoms. The summed E-state index contributed by atoms with van der Waals surface area (Å²) in [5.74, 6) is -0.699. The van der Waals surface area contributed by atoms with Crippen LogP contribution in [0.2, 0.25) is 5.02 Å². The SMILES string of the molecule is COc1ccc(Cl)cc1C(=O)N(CCC(=O)O)C1CC1. The van der Waals surface area contributed by atoms with E-state index >= 15 is 0 Å². The molecule has 1 aliphatic rings. The molecule has 1 aliphatic carbocycles. The molecular weight excluding hydrogens is 282 g/mol. The number of rotatable bonds is 6. The minimum Gasteiger partial charge on any atom is -0.496 e. The molecule has 1 aromatic carbocycles. The zero-order valence-electron chi connectivity index (χ0n) is 11.1. The van der Waals surface area contributed by atoms with Crippen molar-refractivity contribution in [1.29, 1.82) is 0 Å². The summed E-state index contributed by atoms with van der Waals surface area (Å²) in [7, 11) is 1.48. The molecule has 0 spiro atoms. The Balaban J connectivity index is 2.22. The molecule has 1 amide bonds. The van der Waals surface area contributed by atoms with Gasteiger partial charge in [-0.2, -0.15) is 0 Å². The lowest BCUT2D eigenvalue weighted by Gasteiger charge is -2.22. The van der Waals surface area contributed by atoms with E-state index in [4.69, 9.17) is 21.4 Å². The molecule has 108 valence electrons. The van der Waals surface area contributed by atoms with Gasteiger partial charge in [-0.15, -0.1) is 0 Å². The lowest BCUT2D eigenvalue weighted by atomic mass is 10.1. The van der Waals surface area contributed by atoms with E-state index in [0.717, 1.165) is 12.8 Å². The van der Waals surface area contributed by atoms with E-state index in [1.807, 2.05) is 0 Å². The van der Waals surface area contributed by atoms with Crippen LogP contribution in [0.1, 0.15) is 29.6 Å². The van der Waals surface area contributed by atoms with Gasteiger partial charge in [-0.3, -0.25) is 9.59 Å². The van der Waals surface area contributed by atoms with E-state index in [9.17, 15) is 9.59 Å². The number of methoxy groups -OCH3 is 1. The van der Waals surface area contributed by atoms with E-state index in [-0.39, 0.29) is 24.9 Å². The highest BCUT2D eigenvalue weighted by atomic mass is 35.5. The molecule has 0 heterocycles. The van der Waals surface area contributed by atoms with Crippen LogP contribution in [0.3, 0.4) is 0 Å². The third kappa shape index (κ3) is 3.42. The minimum absolute atomic E-state index is 0.0644. The molecule has 0 unspecified atom stereocenters. The molecule has 2 rings (SSSR count). The van der Waals surface area contributed by atoms with Crippen molar-refractivity contribution >= 4 is 23.5 Å². The average Bonchev–Trinajstić information content (AvgIpc) is 3.23. The number of hydrogen-bond donors (Lipinski definition) is 1. The fourth-order valence-corrected chi connectivity index (χ4v) is 2.23. The minimum atomic E-state index is -0.915. The average molecular weight is 298 g/mol. The first kappa shape index (κ1) is 14.7. The lowest BCUT2D eigenvalue weighted by molar-refractivity contribution is -0.137. The summed E-state index contributed by atoms with van der Waals surface area (Å²) in [6.45, 7) is 0.203. The zero-order valence-corrected chi connectivity index (χ0v) is 11.9. The number of amides is 1. The Hall–Kier alpha value is -1.75. The Morgan fingerprint density at radius 1 is 1.45 bits per heavy atom. The normalized spacial score (nSPS) is 13.9. The summed E-state index contributed by atoms with van der Waals surface area (Å²) in [4.78, 5) is 24.9. The molecule has 0 radical (unpaired) electrons. The number of carbonyl (C=O) groups excluding carboxylic acids is 1. The van der Waals surface area contributed by atoms with E-state index in [0.29, 0.717) is 16.3 Å². The van der Waals surface area contributed by atoms with Gasteiger partial charge < -0.3 is 14.7 Å². The van der Waals surface area contributed by atoms with Gasteiger partial charge in [-0.25, -0.2) is 0 Å². The Kier molecular flexibility index (Phi) is 4.49. The predicted molar refractivity (Wildman–Crippen MR) is 74.3 cm³/mol. The van der Waals surface area contributed by atoms with Gasteiger partial charge in [0.2, 0.25) is 0 Å². The fourth-order valence-electron chi connectivity index (χ4n) is 2.05. The Labute approximate surface area is 122 Å². The second-order valence-corrected chi connectivity index (χ2v) is 5.15. The van der Waals surface area contributed by atoms with Gasteiger partial charge in [0.15, 0.2) is 0 Å². The summed E-state index contributed by atoms with van der Waals surface area (Å²) < 4.78 is 5.17. The van der Waals surface area contributed by atoms with Crippen molar-refractivity contribution < 1.29 is 19.4 Å². The van der Waals surface area contributed by atoms with Crippen LogP contribution in [-0.4, -0.2) is 41.6 Å². The Morgan fingerprint density at radius 3 is 2.70 bits per heavy atom. The molecular formula is C14H16ClNO4. The highest BCUT2D eigenvalue weighted by Crippen LogP contribution is 2.31. The maximum Gasteiger partial charge on any atom is 0.305 e. The second-order valence-electron chi connectivity index (χ2n) is 4.72. The number of benzene rings is 1. The van der Waals surface area contributed by atoms with Crippen LogP contribution in [0.25, 0.3) is 0 Å². The first-order chi connectivity index (χ1) is 9.52. The Bertz CT molecular complexity index is 528. The molecule has 0 atom stereocenters. The van der Waals surface area contributed by atoms with Gasteiger partial charge in [-0.1, -0.05) is 11.6 Å². The molecule has 0 saturated heterocycles. The molecule has 1 fully saturated rings.